The summed E-state index contributed by atoms with van der Waals surface area (Å²) < 4.78 is 5.37. The summed E-state index contributed by atoms with van der Waals surface area (Å²) in [5.41, 5.74) is 0.645. The molecule has 0 aromatic carbocycles. The largest absolute Gasteiger partial charge is 0.444 e. The number of ether oxygens (including phenoxy) is 1. The smallest absolute Gasteiger partial charge is 0.410 e. The molecular weight excluding hydrogens is 244 g/mol. The van der Waals surface area contributed by atoms with E-state index in [9.17, 15) is 4.79 Å². The van der Waals surface area contributed by atoms with Crippen LogP contribution in [-0.2, 0) is 4.74 Å². The number of nitrogens with one attached hydrogen (secondary N) is 1. The van der Waals surface area contributed by atoms with Crippen LogP contribution in [0.5, 0.6) is 0 Å². The highest BCUT2D eigenvalue weighted by molar-refractivity contribution is 5.78. The van der Waals surface area contributed by atoms with E-state index in [0.717, 1.165) is 18.8 Å². The summed E-state index contributed by atoms with van der Waals surface area (Å²) >= 11 is 0. The van der Waals surface area contributed by atoms with Crippen LogP contribution in [0.25, 0.3) is 0 Å². The summed E-state index contributed by atoms with van der Waals surface area (Å²) in [6, 6.07) is 0. The van der Waals surface area contributed by atoms with Gasteiger partial charge in [-0.15, -0.1) is 0 Å². The van der Waals surface area contributed by atoms with Crippen LogP contribution in [-0.4, -0.2) is 60.6 Å². The highest BCUT2D eigenvalue weighted by Crippen LogP contribution is 2.13. The van der Waals surface area contributed by atoms with Crippen molar-refractivity contribution in [2.24, 2.45) is 4.99 Å². The molecule has 0 atom stereocenters. The third-order valence-corrected chi connectivity index (χ3v) is 2.95. The number of hydrogen-bond donors (Lipinski definition) is 1. The molecule has 2 rings (SSSR count). The number of carbonyl (C=O) groups is 1. The van der Waals surface area contributed by atoms with Gasteiger partial charge in [0.05, 0.1) is 5.70 Å². The van der Waals surface area contributed by atoms with Crippen molar-refractivity contribution < 1.29 is 9.53 Å². The quantitative estimate of drug-likeness (QED) is 0.769. The zero-order chi connectivity index (χ0) is 13.9. The van der Waals surface area contributed by atoms with E-state index < -0.39 is 5.60 Å². The minimum Gasteiger partial charge on any atom is -0.444 e. The van der Waals surface area contributed by atoms with Crippen LogP contribution in [0.1, 0.15) is 20.8 Å². The van der Waals surface area contributed by atoms with Crippen molar-refractivity contribution in [2.45, 2.75) is 26.4 Å². The molecule has 0 aromatic rings. The average Bonchev–Trinajstić information content (AvgIpc) is 2.38. The maximum Gasteiger partial charge on any atom is 0.410 e. The summed E-state index contributed by atoms with van der Waals surface area (Å²) in [5, 5.41) is 3.09. The van der Waals surface area contributed by atoms with Crippen LogP contribution in [0.3, 0.4) is 0 Å². The first kappa shape index (κ1) is 13.7. The zero-order valence-corrected chi connectivity index (χ0v) is 11.8. The fourth-order valence-corrected chi connectivity index (χ4v) is 2.03. The second-order valence-corrected chi connectivity index (χ2v) is 5.70. The predicted molar refractivity (Wildman–Crippen MR) is 74.0 cm³/mol. The van der Waals surface area contributed by atoms with Gasteiger partial charge in [-0.3, -0.25) is 4.99 Å². The number of aliphatic imine (C=N–C) groups is 1. The van der Waals surface area contributed by atoms with Crippen LogP contribution in [0, 0.1) is 0 Å². The molecule has 2 aliphatic rings. The molecule has 0 aromatic heterocycles. The van der Waals surface area contributed by atoms with E-state index in [1.807, 2.05) is 33.2 Å². The Morgan fingerprint density at radius 2 is 2.00 bits per heavy atom. The van der Waals surface area contributed by atoms with Crippen LogP contribution in [0.4, 0.5) is 4.79 Å². The standard InChI is InChI=1S/C13H22N4O2/c1-13(2,3)19-12(18)17-6-4-16(5-7-17)11-8-14-10-15-9-11/h8-9,14H,4-7,10H2,1-3H3. The van der Waals surface area contributed by atoms with E-state index in [1.165, 1.54) is 0 Å². The van der Waals surface area contributed by atoms with E-state index in [-0.39, 0.29) is 6.09 Å². The molecule has 0 unspecified atom stereocenters. The van der Waals surface area contributed by atoms with Crippen molar-refractivity contribution in [1.82, 2.24) is 15.1 Å². The molecule has 2 heterocycles. The highest BCUT2D eigenvalue weighted by Gasteiger charge is 2.26. The Morgan fingerprint density at radius 3 is 2.53 bits per heavy atom. The van der Waals surface area contributed by atoms with Crippen LogP contribution in [0.15, 0.2) is 16.9 Å². The molecule has 6 heteroatoms. The molecule has 0 radical (unpaired) electrons. The van der Waals surface area contributed by atoms with Gasteiger partial charge in [-0.25, -0.2) is 4.79 Å². The number of allylic oxidation sites excluding steroid dienone is 1. The summed E-state index contributed by atoms with van der Waals surface area (Å²) in [6.45, 7) is 9.27. The molecule has 1 amide bonds. The monoisotopic (exact) mass is 266 g/mol. The van der Waals surface area contributed by atoms with E-state index in [1.54, 1.807) is 4.90 Å². The molecule has 19 heavy (non-hydrogen) atoms. The second kappa shape index (κ2) is 5.50. The first-order valence-electron chi connectivity index (χ1n) is 6.62. The summed E-state index contributed by atoms with van der Waals surface area (Å²) in [5.74, 6) is 0. The molecule has 1 N–H and O–H groups in total. The Morgan fingerprint density at radius 1 is 1.32 bits per heavy atom. The summed E-state index contributed by atoms with van der Waals surface area (Å²) in [7, 11) is 0. The molecule has 1 saturated heterocycles. The van der Waals surface area contributed by atoms with Gasteiger partial charge < -0.3 is 19.9 Å². The lowest BCUT2D eigenvalue weighted by Gasteiger charge is -2.37. The number of amides is 1. The lowest BCUT2D eigenvalue weighted by molar-refractivity contribution is 0.0172. The average molecular weight is 266 g/mol. The molecule has 2 aliphatic heterocycles. The van der Waals surface area contributed by atoms with Gasteiger partial charge in [0.25, 0.3) is 0 Å². The zero-order valence-electron chi connectivity index (χ0n) is 11.8. The van der Waals surface area contributed by atoms with Gasteiger partial charge in [0.2, 0.25) is 0 Å². The molecular formula is C13H22N4O2. The SMILES string of the molecule is CC(C)(C)OC(=O)N1CCN(C2=CNCN=C2)CC1. The van der Waals surface area contributed by atoms with E-state index >= 15 is 0 Å². The minimum atomic E-state index is -0.434. The summed E-state index contributed by atoms with van der Waals surface area (Å²) in [4.78, 5) is 20.1. The van der Waals surface area contributed by atoms with Crippen LogP contribution in [0.2, 0.25) is 0 Å². The number of nitrogens with zero attached hydrogens (tertiary/aromatic N) is 3. The topological polar surface area (TPSA) is 57.2 Å². The third kappa shape index (κ3) is 3.87. The van der Waals surface area contributed by atoms with Crippen molar-refractivity contribution >= 4 is 12.3 Å². The molecule has 0 saturated carbocycles. The van der Waals surface area contributed by atoms with Gasteiger partial charge in [0.15, 0.2) is 0 Å². The normalized spacial score (nSPS) is 19.8. The summed E-state index contributed by atoms with van der Waals surface area (Å²) in [6.07, 6.45) is 3.62. The van der Waals surface area contributed by atoms with E-state index in [0.29, 0.717) is 19.8 Å². The first-order chi connectivity index (χ1) is 8.96. The van der Waals surface area contributed by atoms with Gasteiger partial charge >= 0.3 is 6.09 Å². The van der Waals surface area contributed by atoms with Crippen molar-refractivity contribution in [1.29, 1.82) is 0 Å². The lowest BCUT2D eigenvalue weighted by Crippen LogP contribution is -2.50. The van der Waals surface area contributed by atoms with Crippen LogP contribution >= 0.6 is 0 Å². The number of carbonyl (C=O) groups excluding carboxylic acids is 1. The number of hydrogen-bond acceptors (Lipinski definition) is 5. The van der Waals surface area contributed by atoms with Crippen molar-refractivity contribution in [3.05, 3.63) is 11.9 Å². The van der Waals surface area contributed by atoms with Gasteiger partial charge in [0.1, 0.15) is 12.3 Å². The van der Waals surface area contributed by atoms with Gasteiger partial charge in [-0.2, -0.15) is 0 Å². The highest BCUT2D eigenvalue weighted by atomic mass is 16.6. The Bertz CT molecular complexity index is 390. The maximum absolute atomic E-state index is 11.9. The van der Waals surface area contributed by atoms with E-state index in [4.69, 9.17) is 4.74 Å². The second-order valence-electron chi connectivity index (χ2n) is 5.70. The fraction of sp³-hybridized carbons (Fsp3) is 0.692. The molecule has 0 bridgehead atoms. The van der Waals surface area contributed by atoms with Crippen molar-refractivity contribution in [3.63, 3.8) is 0 Å². The predicted octanol–water partition coefficient (Wildman–Crippen LogP) is 1.01. The molecule has 106 valence electrons. The first-order valence-corrected chi connectivity index (χ1v) is 6.62. The molecule has 0 spiro atoms. The molecule has 0 aliphatic carbocycles. The van der Waals surface area contributed by atoms with Gasteiger partial charge in [-0.05, 0) is 20.8 Å². The Labute approximate surface area is 114 Å². The minimum absolute atomic E-state index is 0.225. The van der Waals surface area contributed by atoms with Crippen LogP contribution < -0.4 is 5.32 Å². The third-order valence-electron chi connectivity index (χ3n) is 2.95. The van der Waals surface area contributed by atoms with E-state index in [2.05, 4.69) is 15.2 Å². The Balaban J connectivity index is 1.84. The van der Waals surface area contributed by atoms with Crippen molar-refractivity contribution in [3.8, 4) is 0 Å². The Kier molecular flexibility index (Phi) is 3.97. The van der Waals surface area contributed by atoms with Gasteiger partial charge in [0, 0.05) is 38.6 Å². The van der Waals surface area contributed by atoms with Gasteiger partial charge in [-0.1, -0.05) is 0 Å². The Hall–Kier alpha value is -1.72. The molecule has 6 nitrogen and oxygen atoms in total. The maximum atomic E-state index is 11.9. The number of piperazine rings is 1. The van der Waals surface area contributed by atoms with Crippen molar-refractivity contribution in [2.75, 3.05) is 32.8 Å². The number of rotatable bonds is 1. The fourth-order valence-electron chi connectivity index (χ4n) is 2.03. The molecule has 1 fully saturated rings. The lowest BCUT2D eigenvalue weighted by atomic mass is 10.2.